The largest absolute Gasteiger partial charge is 0.497 e. The van der Waals surface area contributed by atoms with Crippen LogP contribution in [0, 0.1) is 0 Å². The van der Waals surface area contributed by atoms with Crippen LogP contribution < -0.4 is 20.5 Å². The zero-order valence-electron chi connectivity index (χ0n) is 15.9. The molecule has 1 atom stereocenters. The summed E-state index contributed by atoms with van der Waals surface area (Å²) in [6.45, 7) is 2.24. The molecule has 1 aliphatic heterocycles. The van der Waals surface area contributed by atoms with E-state index in [4.69, 9.17) is 9.72 Å². The number of anilines is 1. The third-order valence-electron chi connectivity index (χ3n) is 4.91. The van der Waals surface area contributed by atoms with Crippen molar-refractivity contribution in [1.29, 1.82) is 0 Å². The number of ether oxygens (including phenoxy) is 1. The van der Waals surface area contributed by atoms with Crippen molar-refractivity contribution in [2.45, 2.75) is 6.04 Å². The second kappa shape index (κ2) is 7.77. The first-order valence-electron chi connectivity index (χ1n) is 9.12. The molecule has 0 aliphatic carbocycles. The maximum atomic E-state index is 12.5. The number of nitrogens with one attached hydrogen (secondary N) is 1. The van der Waals surface area contributed by atoms with Crippen LogP contribution in [0.15, 0.2) is 53.7 Å². The van der Waals surface area contributed by atoms with Gasteiger partial charge >= 0.3 is 0 Å². The lowest BCUT2D eigenvalue weighted by molar-refractivity contribution is 0.411. The van der Waals surface area contributed by atoms with Crippen LogP contribution in [-0.2, 0) is 7.05 Å². The van der Waals surface area contributed by atoms with Gasteiger partial charge in [-0.1, -0.05) is 12.1 Å². The van der Waals surface area contributed by atoms with Crippen LogP contribution in [0.3, 0.4) is 0 Å². The van der Waals surface area contributed by atoms with Crippen molar-refractivity contribution >= 4 is 5.95 Å². The third-order valence-corrected chi connectivity index (χ3v) is 4.91. The van der Waals surface area contributed by atoms with Crippen molar-refractivity contribution < 1.29 is 4.74 Å². The van der Waals surface area contributed by atoms with Crippen LogP contribution in [0.2, 0.25) is 0 Å². The summed E-state index contributed by atoms with van der Waals surface area (Å²) < 4.78 is 6.93. The molecule has 0 bridgehead atoms. The van der Waals surface area contributed by atoms with E-state index in [0.717, 1.165) is 24.4 Å². The van der Waals surface area contributed by atoms with E-state index in [1.54, 1.807) is 31.0 Å². The first-order valence-corrected chi connectivity index (χ1v) is 9.12. The maximum absolute atomic E-state index is 12.5. The van der Waals surface area contributed by atoms with Gasteiger partial charge < -0.3 is 15.0 Å². The Bertz CT molecular complexity index is 1020. The number of piperazine rings is 1. The molecule has 1 saturated heterocycles. The molecule has 3 aromatic rings. The lowest BCUT2D eigenvalue weighted by atomic mass is 10.0. The number of benzene rings is 1. The van der Waals surface area contributed by atoms with Crippen molar-refractivity contribution in [2.75, 3.05) is 31.6 Å². The predicted molar refractivity (Wildman–Crippen MR) is 106 cm³/mol. The average Bonchev–Trinajstić information content (AvgIpc) is 2.76. The first kappa shape index (κ1) is 18.1. The summed E-state index contributed by atoms with van der Waals surface area (Å²) in [6, 6.07) is 11.4. The molecular weight excluding hydrogens is 356 g/mol. The van der Waals surface area contributed by atoms with E-state index in [-0.39, 0.29) is 11.6 Å². The zero-order chi connectivity index (χ0) is 19.5. The van der Waals surface area contributed by atoms with Crippen molar-refractivity contribution in [3.05, 3.63) is 64.8 Å². The Morgan fingerprint density at radius 2 is 2.11 bits per heavy atom. The standard InChI is InChI=1S/C20H22N6O2/c1-25-19(27)11-17(16-6-7-21-13-23-16)24-20(25)26-9-8-22-18(12-26)14-4-3-5-15(10-14)28-2/h3-7,10-11,13,18,22H,8-9,12H2,1-2H3. The van der Waals surface area contributed by atoms with E-state index in [1.165, 1.54) is 12.4 Å². The highest BCUT2D eigenvalue weighted by Crippen LogP contribution is 2.24. The number of hydrogen-bond acceptors (Lipinski definition) is 7. The summed E-state index contributed by atoms with van der Waals surface area (Å²) in [5, 5.41) is 3.53. The van der Waals surface area contributed by atoms with Gasteiger partial charge in [0.05, 0.1) is 24.5 Å². The normalized spacial score (nSPS) is 16.8. The molecule has 1 fully saturated rings. The lowest BCUT2D eigenvalue weighted by Gasteiger charge is -2.35. The Morgan fingerprint density at radius 3 is 2.89 bits per heavy atom. The Morgan fingerprint density at radius 1 is 1.21 bits per heavy atom. The van der Waals surface area contributed by atoms with Crippen molar-refractivity contribution in [2.24, 2.45) is 7.05 Å². The van der Waals surface area contributed by atoms with Crippen LogP contribution in [0.25, 0.3) is 11.4 Å². The predicted octanol–water partition coefficient (Wildman–Crippen LogP) is 1.40. The molecule has 8 nitrogen and oxygen atoms in total. The minimum absolute atomic E-state index is 0.114. The molecule has 8 heteroatoms. The fourth-order valence-corrected chi connectivity index (χ4v) is 3.40. The summed E-state index contributed by atoms with van der Waals surface area (Å²) in [7, 11) is 3.41. The van der Waals surface area contributed by atoms with Crippen LogP contribution in [0.5, 0.6) is 5.75 Å². The van der Waals surface area contributed by atoms with Gasteiger partial charge in [-0.3, -0.25) is 9.36 Å². The zero-order valence-corrected chi connectivity index (χ0v) is 15.9. The molecule has 0 spiro atoms. The highest BCUT2D eigenvalue weighted by Gasteiger charge is 2.24. The molecular formula is C20H22N6O2. The van der Waals surface area contributed by atoms with Crippen molar-refractivity contribution in [3.8, 4) is 17.1 Å². The van der Waals surface area contributed by atoms with Gasteiger partial charge in [-0.25, -0.2) is 15.0 Å². The van der Waals surface area contributed by atoms with Crippen molar-refractivity contribution in [3.63, 3.8) is 0 Å². The van der Waals surface area contributed by atoms with E-state index in [0.29, 0.717) is 23.9 Å². The van der Waals surface area contributed by atoms with Gasteiger partial charge in [-0.15, -0.1) is 0 Å². The van der Waals surface area contributed by atoms with E-state index in [2.05, 4.69) is 26.3 Å². The summed E-state index contributed by atoms with van der Waals surface area (Å²) in [5.74, 6) is 1.46. The second-order valence-corrected chi connectivity index (χ2v) is 6.66. The van der Waals surface area contributed by atoms with E-state index >= 15 is 0 Å². The Labute approximate surface area is 162 Å². The highest BCUT2D eigenvalue weighted by atomic mass is 16.5. The molecule has 1 aliphatic rings. The molecule has 1 N–H and O–H groups in total. The van der Waals surface area contributed by atoms with E-state index < -0.39 is 0 Å². The van der Waals surface area contributed by atoms with Gasteiger partial charge in [0.2, 0.25) is 5.95 Å². The molecule has 28 heavy (non-hydrogen) atoms. The minimum atomic E-state index is -0.116. The maximum Gasteiger partial charge on any atom is 0.255 e. The third kappa shape index (κ3) is 3.59. The quantitative estimate of drug-likeness (QED) is 0.734. The smallest absolute Gasteiger partial charge is 0.255 e. The SMILES string of the molecule is COc1cccc(C2CN(c3nc(-c4ccncn4)cc(=O)n3C)CCN2)c1. The summed E-state index contributed by atoms with van der Waals surface area (Å²) in [4.78, 5) is 27.5. The monoisotopic (exact) mass is 378 g/mol. The van der Waals surface area contributed by atoms with Crippen molar-refractivity contribution in [1.82, 2.24) is 24.8 Å². The Kier molecular flexibility index (Phi) is 5.03. The summed E-state index contributed by atoms with van der Waals surface area (Å²) in [5.41, 5.74) is 2.21. The fourth-order valence-electron chi connectivity index (χ4n) is 3.40. The number of rotatable bonds is 4. The van der Waals surface area contributed by atoms with E-state index in [9.17, 15) is 4.79 Å². The topological polar surface area (TPSA) is 85.2 Å². The number of methoxy groups -OCH3 is 1. The molecule has 1 unspecified atom stereocenters. The molecule has 0 amide bonds. The fraction of sp³-hybridized carbons (Fsp3) is 0.300. The first-order chi connectivity index (χ1) is 13.7. The van der Waals surface area contributed by atoms with Gasteiger partial charge in [0, 0.05) is 38.9 Å². The molecule has 144 valence electrons. The van der Waals surface area contributed by atoms with Crippen LogP contribution >= 0.6 is 0 Å². The van der Waals surface area contributed by atoms with Crippen LogP contribution in [0.4, 0.5) is 5.95 Å². The van der Waals surface area contributed by atoms with Crippen LogP contribution in [0.1, 0.15) is 11.6 Å². The second-order valence-electron chi connectivity index (χ2n) is 6.66. The number of nitrogens with zero attached hydrogens (tertiary/aromatic N) is 5. The Balaban J connectivity index is 1.66. The van der Waals surface area contributed by atoms with E-state index in [1.807, 2.05) is 18.2 Å². The Hall–Kier alpha value is -3.26. The van der Waals surface area contributed by atoms with Crippen LogP contribution in [-0.4, -0.2) is 46.3 Å². The molecule has 2 aromatic heterocycles. The molecule has 3 heterocycles. The average molecular weight is 378 g/mol. The highest BCUT2D eigenvalue weighted by molar-refractivity contribution is 5.55. The molecule has 0 radical (unpaired) electrons. The van der Waals surface area contributed by atoms with Gasteiger partial charge in [-0.2, -0.15) is 0 Å². The molecule has 0 saturated carbocycles. The van der Waals surface area contributed by atoms with Gasteiger partial charge in [0.15, 0.2) is 0 Å². The van der Waals surface area contributed by atoms with Gasteiger partial charge in [0.25, 0.3) is 5.56 Å². The van der Waals surface area contributed by atoms with Gasteiger partial charge in [0.1, 0.15) is 12.1 Å². The number of hydrogen-bond donors (Lipinski definition) is 1. The summed E-state index contributed by atoms with van der Waals surface area (Å²) >= 11 is 0. The molecule has 4 rings (SSSR count). The van der Waals surface area contributed by atoms with Gasteiger partial charge in [-0.05, 0) is 23.8 Å². The number of aromatic nitrogens is 4. The summed E-state index contributed by atoms with van der Waals surface area (Å²) in [6.07, 6.45) is 3.10. The minimum Gasteiger partial charge on any atom is -0.497 e. The lowest BCUT2D eigenvalue weighted by Crippen LogP contribution is -2.47. The molecule has 1 aromatic carbocycles.